The van der Waals surface area contributed by atoms with Crippen molar-refractivity contribution in [2.24, 2.45) is 5.92 Å². The smallest absolute Gasteiger partial charge is 0.324 e. The molecule has 0 saturated heterocycles. The molecule has 1 aliphatic heterocycles. The minimum Gasteiger partial charge on any atom is -0.379 e. The zero-order chi connectivity index (χ0) is 48.3. The Balaban J connectivity index is 1.09. The molecule has 3 amide bonds. The number of rotatable bonds is 35. The van der Waals surface area contributed by atoms with Crippen LogP contribution in [0.5, 0.6) is 0 Å². The van der Waals surface area contributed by atoms with Crippen molar-refractivity contribution < 1.29 is 56.8 Å². The van der Waals surface area contributed by atoms with Gasteiger partial charge in [-0.15, -0.1) is 5.10 Å². The first-order valence-corrected chi connectivity index (χ1v) is 26.0. The molecule has 0 spiro atoms. The van der Waals surface area contributed by atoms with E-state index >= 15 is 0 Å². The first kappa shape index (κ1) is 55.6. The Morgan fingerprint density at radius 2 is 1.28 bits per heavy atom. The largest absolute Gasteiger partial charge is 0.379 e. The van der Waals surface area contributed by atoms with Crippen LogP contribution in [0.15, 0.2) is 48.5 Å². The molecule has 4 rings (SSSR count). The molecule has 3 N–H and O–H groups in total. The lowest BCUT2D eigenvalue weighted by Gasteiger charge is -2.28. The van der Waals surface area contributed by atoms with Gasteiger partial charge in [-0.3, -0.25) is 19.2 Å². The SMILES string of the molecule is CC(C)OP(O)(=S)OCCCCCCNC(=O)CCOCCOCCOCCOCCn1nnc2c1-c1ccccc1N(C(=O)CCC(=O)NCCOCCC(=O)C(C)C)Cc1ccccc1-2. The Hall–Kier alpha value is -4.01. The van der Waals surface area contributed by atoms with E-state index in [2.05, 4.69) is 20.9 Å². The minimum absolute atomic E-state index is 0.0113. The van der Waals surface area contributed by atoms with E-state index in [1.54, 1.807) is 23.4 Å². The third kappa shape index (κ3) is 21.0. The van der Waals surface area contributed by atoms with Gasteiger partial charge in [0.25, 0.3) is 0 Å². The highest BCUT2D eigenvalue weighted by molar-refractivity contribution is 8.07. The van der Waals surface area contributed by atoms with Gasteiger partial charge in [-0.25, -0.2) is 4.68 Å². The Morgan fingerprint density at radius 3 is 2.00 bits per heavy atom. The average molecular weight is 975 g/mol. The van der Waals surface area contributed by atoms with Crippen LogP contribution in [-0.4, -0.2) is 135 Å². The van der Waals surface area contributed by atoms with Crippen LogP contribution in [0.25, 0.3) is 22.5 Å². The number of ketones is 1. The quantitative estimate of drug-likeness (QED) is 0.0471. The Bertz CT molecular complexity index is 2020. The summed E-state index contributed by atoms with van der Waals surface area (Å²) in [5.74, 6) is -0.391. The molecule has 1 aromatic heterocycles. The molecule has 3 aromatic rings. The summed E-state index contributed by atoms with van der Waals surface area (Å²) in [5.41, 5.74) is 4.75. The van der Waals surface area contributed by atoms with Crippen molar-refractivity contribution in [3.8, 4) is 22.5 Å². The fourth-order valence-corrected chi connectivity index (χ4v) is 8.61. The molecule has 0 fully saturated rings. The summed E-state index contributed by atoms with van der Waals surface area (Å²) in [6.07, 6.45) is 3.91. The maximum absolute atomic E-state index is 13.9. The van der Waals surface area contributed by atoms with E-state index in [1.807, 2.05) is 62.4 Å². The van der Waals surface area contributed by atoms with Crippen LogP contribution in [0.4, 0.5) is 5.69 Å². The average Bonchev–Trinajstić information content (AvgIpc) is 3.71. The maximum atomic E-state index is 13.9. The predicted molar refractivity (Wildman–Crippen MR) is 258 cm³/mol. The van der Waals surface area contributed by atoms with Crippen molar-refractivity contribution in [2.75, 3.05) is 90.7 Å². The zero-order valence-corrected chi connectivity index (χ0v) is 41.3. The summed E-state index contributed by atoms with van der Waals surface area (Å²) in [6.45, 7) is 9.66. The molecule has 0 radical (unpaired) electrons. The van der Waals surface area contributed by atoms with Gasteiger partial charge in [0.05, 0.1) is 103 Å². The normalized spacial score (nSPS) is 13.1. The van der Waals surface area contributed by atoms with E-state index < -0.39 is 6.72 Å². The number of aromatic nitrogens is 3. The standard InChI is InChI=1S/C47H71N6O12PS/c1-36(2)42(54)19-25-59-27-22-49-43(55)17-18-45(57)52-35-38-13-7-8-14-39(38)46-47(40-15-9-10-16-41(40)52)53(51-50-46)23-28-61-30-32-63-34-33-62-31-29-60-26-20-44(56)48-21-11-5-6-12-24-64-66(58,67)65-37(3)4/h7-10,13-16,36-37H,5-6,11-12,17-35H2,1-4H3,(H,48,56)(H,49,55)(H,58,67). The molecule has 1 aliphatic rings. The van der Waals surface area contributed by atoms with Crippen LogP contribution in [-0.2, 0) is 76.8 Å². The number of nitrogens with one attached hydrogen (secondary N) is 2. The number of unbranched alkanes of at least 4 members (excludes halogenated alkanes) is 3. The van der Waals surface area contributed by atoms with Gasteiger partial charge < -0.3 is 53.2 Å². The Kier molecular flexibility index (Phi) is 25.9. The third-order valence-corrected chi connectivity index (χ3v) is 12.2. The van der Waals surface area contributed by atoms with Crippen molar-refractivity contribution in [3.05, 3.63) is 54.1 Å². The lowest BCUT2D eigenvalue weighted by Crippen LogP contribution is -2.34. The number of hydrogen-bond acceptors (Lipinski definition) is 14. The molecule has 372 valence electrons. The number of nitrogens with zero attached hydrogens (tertiary/aromatic N) is 4. The molecule has 1 unspecified atom stereocenters. The van der Waals surface area contributed by atoms with Crippen molar-refractivity contribution in [2.45, 2.75) is 98.3 Å². The molecule has 2 aromatic carbocycles. The van der Waals surface area contributed by atoms with Gasteiger partial charge in [0.2, 0.25) is 17.7 Å². The van der Waals surface area contributed by atoms with Crippen molar-refractivity contribution in [3.63, 3.8) is 0 Å². The fourth-order valence-electron chi connectivity index (χ4n) is 6.92. The van der Waals surface area contributed by atoms with Crippen LogP contribution < -0.4 is 15.5 Å². The van der Waals surface area contributed by atoms with E-state index in [9.17, 15) is 24.1 Å². The summed E-state index contributed by atoms with van der Waals surface area (Å²) >= 11 is 4.96. The molecule has 2 heterocycles. The van der Waals surface area contributed by atoms with Crippen LogP contribution in [0.3, 0.4) is 0 Å². The molecule has 1 atom stereocenters. The molecule has 0 saturated carbocycles. The summed E-state index contributed by atoms with van der Waals surface area (Å²) in [7, 11) is 0. The van der Waals surface area contributed by atoms with Gasteiger partial charge in [0.1, 0.15) is 11.5 Å². The molecular weight excluding hydrogens is 904 g/mol. The van der Waals surface area contributed by atoms with Crippen molar-refractivity contribution >= 4 is 47.7 Å². The topological polar surface area (TPSA) is 211 Å². The molecule has 0 aliphatic carbocycles. The summed E-state index contributed by atoms with van der Waals surface area (Å²) < 4.78 is 40.5. The minimum atomic E-state index is -3.16. The summed E-state index contributed by atoms with van der Waals surface area (Å²) in [4.78, 5) is 62.1. The number of amides is 3. The van der Waals surface area contributed by atoms with Crippen molar-refractivity contribution in [1.82, 2.24) is 25.6 Å². The zero-order valence-electron chi connectivity index (χ0n) is 39.6. The van der Waals surface area contributed by atoms with Crippen LogP contribution in [0.2, 0.25) is 0 Å². The Labute approximate surface area is 400 Å². The van der Waals surface area contributed by atoms with E-state index in [0.717, 1.165) is 48.1 Å². The molecule has 18 nitrogen and oxygen atoms in total. The highest BCUT2D eigenvalue weighted by Crippen LogP contribution is 2.45. The Morgan fingerprint density at radius 1 is 0.687 bits per heavy atom. The number of carbonyl (C=O) groups excluding carboxylic acids is 4. The highest BCUT2D eigenvalue weighted by atomic mass is 32.5. The molecule has 67 heavy (non-hydrogen) atoms. The number of Topliss-reactive ketones (excluding diaryl/α,β-unsaturated/α-hetero) is 1. The van der Waals surface area contributed by atoms with Gasteiger partial charge in [-0.2, -0.15) is 0 Å². The molecule has 20 heteroatoms. The van der Waals surface area contributed by atoms with Gasteiger partial charge >= 0.3 is 6.72 Å². The van der Waals surface area contributed by atoms with E-state index in [0.29, 0.717) is 110 Å². The maximum Gasteiger partial charge on any atom is 0.324 e. The molecule has 0 bridgehead atoms. The van der Waals surface area contributed by atoms with Gasteiger partial charge in [0.15, 0.2) is 0 Å². The summed E-state index contributed by atoms with van der Waals surface area (Å²) in [6, 6.07) is 15.5. The van der Waals surface area contributed by atoms with Crippen LogP contribution >= 0.6 is 6.72 Å². The second-order valence-corrected chi connectivity index (χ2v) is 19.2. The second-order valence-electron chi connectivity index (χ2n) is 16.4. The third-order valence-electron chi connectivity index (χ3n) is 10.4. The van der Waals surface area contributed by atoms with Gasteiger partial charge in [0, 0.05) is 55.8 Å². The first-order chi connectivity index (χ1) is 32.4. The number of fused-ring (bicyclic) bond motifs is 5. The number of anilines is 1. The number of para-hydroxylation sites is 1. The summed E-state index contributed by atoms with van der Waals surface area (Å²) in [5, 5.41) is 14.8. The van der Waals surface area contributed by atoms with E-state index in [1.165, 1.54) is 0 Å². The van der Waals surface area contributed by atoms with E-state index in [-0.39, 0.29) is 61.4 Å². The van der Waals surface area contributed by atoms with E-state index in [4.69, 9.17) is 44.5 Å². The van der Waals surface area contributed by atoms with Crippen LogP contribution in [0.1, 0.15) is 84.6 Å². The molecular formula is C47H71N6O12PS. The number of benzene rings is 2. The monoisotopic (exact) mass is 974 g/mol. The van der Waals surface area contributed by atoms with Crippen molar-refractivity contribution in [1.29, 1.82) is 0 Å². The first-order valence-electron chi connectivity index (χ1n) is 23.4. The highest BCUT2D eigenvalue weighted by Gasteiger charge is 2.29. The number of hydrogen-bond donors (Lipinski definition) is 3. The lowest BCUT2D eigenvalue weighted by molar-refractivity contribution is -0.125. The number of ether oxygens (including phenoxy) is 5. The predicted octanol–water partition coefficient (Wildman–Crippen LogP) is 5.78. The van der Waals surface area contributed by atoms with Gasteiger partial charge in [-0.1, -0.05) is 74.4 Å². The van der Waals surface area contributed by atoms with Gasteiger partial charge in [-0.05, 0) is 50.1 Å². The number of carbonyl (C=O) groups is 4. The fraction of sp³-hybridized carbons (Fsp3) is 0.617. The lowest BCUT2D eigenvalue weighted by atomic mass is 9.95. The van der Waals surface area contributed by atoms with Crippen LogP contribution in [0, 0.1) is 5.92 Å². The second kappa shape index (κ2) is 31.2.